The Bertz CT molecular complexity index is 551. The zero-order chi connectivity index (χ0) is 13.8. The number of hydrogen-bond acceptors (Lipinski definition) is 3. The summed E-state index contributed by atoms with van der Waals surface area (Å²) in [5.74, 6) is -0.470. The first-order chi connectivity index (χ1) is 9.06. The lowest BCUT2D eigenvalue weighted by Crippen LogP contribution is -2.33. The second-order valence-electron chi connectivity index (χ2n) is 4.05. The number of pyridine rings is 1. The van der Waals surface area contributed by atoms with Crippen LogP contribution >= 0.6 is 0 Å². The van der Waals surface area contributed by atoms with E-state index in [4.69, 9.17) is 5.73 Å². The maximum Gasteiger partial charge on any atom is 0.269 e. The Morgan fingerprint density at radius 2 is 1.74 bits per heavy atom. The number of amides is 1. The molecule has 0 saturated heterocycles. The van der Waals surface area contributed by atoms with Crippen molar-refractivity contribution in [3.8, 4) is 0 Å². The molecule has 0 spiro atoms. The zero-order valence-corrected chi connectivity index (χ0v) is 10.0. The van der Waals surface area contributed by atoms with Crippen LogP contribution in [0.4, 0.5) is 5.69 Å². The lowest BCUT2D eigenvalue weighted by Gasteiger charge is -1.98. The molecule has 2 rings (SSSR count). The summed E-state index contributed by atoms with van der Waals surface area (Å²) in [5, 5.41) is 10.5. The van der Waals surface area contributed by atoms with Crippen LogP contribution in [0.25, 0.3) is 0 Å². The van der Waals surface area contributed by atoms with Crippen LogP contribution in [-0.4, -0.2) is 10.8 Å². The molecule has 1 amide bonds. The van der Waals surface area contributed by atoms with Crippen molar-refractivity contribution < 1.29 is 14.3 Å². The Balaban J connectivity index is 2.12. The molecule has 0 atom stereocenters. The van der Waals surface area contributed by atoms with Crippen LogP contribution in [-0.2, 0) is 6.54 Å². The van der Waals surface area contributed by atoms with Crippen molar-refractivity contribution in [3.63, 3.8) is 0 Å². The van der Waals surface area contributed by atoms with Crippen LogP contribution in [0.1, 0.15) is 15.9 Å². The van der Waals surface area contributed by atoms with Crippen molar-refractivity contribution in [1.29, 1.82) is 0 Å². The number of non-ortho nitro benzene ring substituents is 1. The molecule has 19 heavy (non-hydrogen) atoms. The fourth-order valence-electron chi connectivity index (χ4n) is 1.66. The summed E-state index contributed by atoms with van der Waals surface area (Å²) < 4.78 is 1.85. The number of benzene rings is 1. The molecule has 0 bridgehead atoms. The van der Waals surface area contributed by atoms with Gasteiger partial charge < -0.3 is 5.73 Å². The number of carbonyl (C=O) groups is 1. The topological polar surface area (TPSA) is 90.1 Å². The summed E-state index contributed by atoms with van der Waals surface area (Å²) in [5.41, 5.74) is 6.59. The van der Waals surface area contributed by atoms with Gasteiger partial charge >= 0.3 is 0 Å². The minimum absolute atomic E-state index is 0.0674. The second kappa shape index (κ2) is 5.26. The molecular weight excluding hydrogens is 246 g/mol. The van der Waals surface area contributed by atoms with Crippen molar-refractivity contribution in [2.45, 2.75) is 6.54 Å². The normalized spacial score (nSPS) is 10.1. The first-order valence-corrected chi connectivity index (χ1v) is 5.58. The molecule has 0 radical (unpaired) electrons. The SMILES string of the molecule is NC(=O)c1cc[n+](Cc2ccc([N+](=O)[O-])cc2)cc1. The predicted molar refractivity (Wildman–Crippen MR) is 67.4 cm³/mol. The van der Waals surface area contributed by atoms with Crippen molar-refractivity contribution in [3.05, 3.63) is 70.0 Å². The van der Waals surface area contributed by atoms with Gasteiger partial charge in [0.05, 0.1) is 10.5 Å². The van der Waals surface area contributed by atoms with Gasteiger partial charge in [0, 0.05) is 29.8 Å². The maximum atomic E-state index is 10.9. The summed E-state index contributed by atoms with van der Waals surface area (Å²) in [6.45, 7) is 0.567. The molecule has 6 nitrogen and oxygen atoms in total. The second-order valence-corrected chi connectivity index (χ2v) is 4.05. The Morgan fingerprint density at radius 3 is 2.21 bits per heavy atom. The first kappa shape index (κ1) is 12.7. The minimum Gasteiger partial charge on any atom is -0.366 e. The number of hydrogen-bond donors (Lipinski definition) is 1. The van der Waals surface area contributed by atoms with Gasteiger partial charge in [-0.25, -0.2) is 4.57 Å². The van der Waals surface area contributed by atoms with Crippen LogP contribution in [0.15, 0.2) is 48.8 Å². The van der Waals surface area contributed by atoms with E-state index in [1.54, 1.807) is 36.7 Å². The Morgan fingerprint density at radius 1 is 1.16 bits per heavy atom. The quantitative estimate of drug-likeness (QED) is 0.504. The highest BCUT2D eigenvalue weighted by Gasteiger charge is 2.08. The van der Waals surface area contributed by atoms with Crippen molar-refractivity contribution >= 4 is 11.6 Å². The van der Waals surface area contributed by atoms with Gasteiger partial charge in [0.2, 0.25) is 5.91 Å². The number of aromatic nitrogens is 1. The smallest absolute Gasteiger partial charge is 0.269 e. The summed E-state index contributed by atoms with van der Waals surface area (Å²) in [6.07, 6.45) is 3.48. The molecule has 1 aromatic carbocycles. The highest BCUT2D eigenvalue weighted by molar-refractivity contribution is 5.92. The minimum atomic E-state index is -0.470. The molecule has 0 unspecified atom stereocenters. The van der Waals surface area contributed by atoms with Gasteiger partial charge in [-0.1, -0.05) is 0 Å². The van der Waals surface area contributed by atoms with Crippen LogP contribution in [0, 0.1) is 10.1 Å². The van der Waals surface area contributed by atoms with Gasteiger partial charge in [-0.15, -0.1) is 0 Å². The van der Waals surface area contributed by atoms with E-state index in [0.717, 1.165) is 5.56 Å². The molecule has 0 saturated carbocycles. The fraction of sp³-hybridized carbons (Fsp3) is 0.0769. The van der Waals surface area contributed by atoms with E-state index in [1.807, 2.05) is 4.57 Å². The molecule has 0 aliphatic rings. The molecule has 96 valence electrons. The molecule has 1 heterocycles. The average Bonchev–Trinajstić information content (AvgIpc) is 2.40. The number of primary amides is 1. The standard InChI is InChI=1S/C13H11N3O3/c14-13(17)11-5-7-15(8-6-11)9-10-1-3-12(4-2-10)16(18)19/h1-8H,9H2,(H-,14,17)/p+1. The third-order valence-corrected chi connectivity index (χ3v) is 2.69. The first-order valence-electron chi connectivity index (χ1n) is 5.58. The van der Waals surface area contributed by atoms with Gasteiger partial charge in [0.1, 0.15) is 0 Å². The Hall–Kier alpha value is -2.76. The monoisotopic (exact) mass is 258 g/mol. The molecule has 1 aromatic heterocycles. The number of rotatable bonds is 4. The zero-order valence-electron chi connectivity index (χ0n) is 10.0. The third kappa shape index (κ3) is 3.12. The van der Waals surface area contributed by atoms with Crippen LogP contribution < -0.4 is 10.3 Å². The van der Waals surface area contributed by atoms with Crippen LogP contribution in [0.5, 0.6) is 0 Å². The summed E-state index contributed by atoms with van der Waals surface area (Å²) in [6, 6.07) is 9.60. The highest BCUT2D eigenvalue weighted by atomic mass is 16.6. The van der Waals surface area contributed by atoms with E-state index >= 15 is 0 Å². The van der Waals surface area contributed by atoms with Gasteiger partial charge in [-0.05, 0) is 12.1 Å². The van der Waals surface area contributed by atoms with Gasteiger partial charge in [-0.3, -0.25) is 14.9 Å². The van der Waals surface area contributed by atoms with Gasteiger partial charge in [0.25, 0.3) is 5.69 Å². The van der Waals surface area contributed by atoms with E-state index in [9.17, 15) is 14.9 Å². The maximum absolute atomic E-state index is 10.9. The van der Waals surface area contributed by atoms with E-state index in [2.05, 4.69) is 0 Å². The highest BCUT2D eigenvalue weighted by Crippen LogP contribution is 2.11. The Labute approximate surface area is 109 Å². The van der Waals surface area contributed by atoms with Crippen LogP contribution in [0.3, 0.4) is 0 Å². The molecule has 0 fully saturated rings. The summed E-state index contributed by atoms with van der Waals surface area (Å²) >= 11 is 0. The van der Waals surface area contributed by atoms with E-state index in [1.165, 1.54) is 12.1 Å². The lowest BCUT2D eigenvalue weighted by molar-refractivity contribution is -0.688. The number of nitro groups is 1. The third-order valence-electron chi connectivity index (χ3n) is 2.69. The van der Waals surface area contributed by atoms with Crippen molar-refractivity contribution in [2.24, 2.45) is 5.73 Å². The summed E-state index contributed by atoms with van der Waals surface area (Å²) in [7, 11) is 0. The van der Waals surface area contributed by atoms with E-state index in [-0.39, 0.29) is 5.69 Å². The molecule has 0 aliphatic carbocycles. The number of nitrogens with zero attached hydrogens (tertiary/aromatic N) is 2. The number of carbonyl (C=O) groups excluding carboxylic acids is 1. The van der Waals surface area contributed by atoms with Crippen molar-refractivity contribution in [1.82, 2.24) is 0 Å². The molecule has 6 heteroatoms. The number of nitrogens with two attached hydrogens (primary N) is 1. The van der Waals surface area contributed by atoms with E-state index in [0.29, 0.717) is 12.1 Å². The van der Waals surface area contributed by atoms with Gasteiger partial charge in [-0.2, -0.15) is 0 Å². The average molecular weight is 258 g/mol. The Kier molecular flexibility index (Phi) is 3.51. The molecule has 0 aliphatic heterocycles. The summed E-state index contributed by atoms with van der Waals surface area (Å²) in [4.78, 5) is 21.0. The largest absolute Gasteiger partial charge is 0.366 e. The molecular formula is C13H12N3O3+. The fourth-order valence-corrected chi connectivity index (χ4v) is 1.66. The van der Waals surface area contributed by atoms with Gasteiger partial charge in [0.15, 0.2) is 18.9 Å². The predicted octanol–water partition coefficient (Wildman–Crippen LogP) is 1.03. The lowest BCUT2D eigenvalue weighted by atomic mass is 10.2. The van der Waals surface area contributed by atoms with E-state index < -0.39 is 10.8 Å². The number of nitro benzene ring substituents is 1. The molecule has 2 aromatic rings. The van der Waals surface area contributed by atoms with Crippen LogP contribution in [0.2, 0.25) is 0 Å². The van der Waals surface area contributed by atoms with Crippen molar-refractivity contribution in [2.75, 3.05) is 0 Å². The molecule has 2 N–H and O–H groups in total.